The van der Waals surface area contributed by atoms with E-state index in [1.807, 2.05) is 12.1 Å². The van der Waals surface area contributed by atoms with Crippen LogP contribution in [0.25, 0.3) is 11.1 Å². The van der Waals surface area contributed by atoms with E-state index < -0.39 is 11.6 Å². The summed E-state index contributed by atoms with van der Waals surface area (Å²) in [6.07, 6.45) is 9.47. The molecule has 0 saturated heterocycles. The zero-order valence-electron chi connectivity index (χ0n) is 16.9. The molecule has 2 aliphatic rings. The van der Waals surface area contributed by atoms with Gasteiger partial charge in [0.2, 0.25) is 0 Å². The minimum Gasteiger partial charge on any atom is -0.491 e. The van der Waals surface area contributed by atoms with Crippen LogP contribution < -0.4 is 4.74 Å². The molecule has 0 N–H and O–H groups in total. The fourth-order valence-electron chi connectivity index (χ4n) is 5.53. The van der Waals surface area contributed by atoms with Crippen molar-refractivity contribution in [3.05, 3.63) is 53.6 Å². The van der Waals surface area contributed by atoms with Crippen molar-refractivity contribution in [2.45, 2.75) is 57.8 Å². The summed E-state index contributed by atoms with van der Waals surface area (Å²) >= 11 is 0. The van der Waals surface area contributed by atoms with Gasteiger partial charge in [-0.2, -0.15) is 0 Å². The maximum atomic E-state index is 14.0. The first-order valence-corrected chi connectivity index (χ1v) is 10.7. The fraction of sp³-hybridized carbons (Fsp3) is 0.520. The van der Waals surface area contributed by atoms with Gasteiger partial charge in [0.1, 0.15) is 0 Å². The highest BCUT2D eigenvalue weighted by atomic mass is 19.1. The van der Waals surface area contributed by atoms with Crippen LogP contribution in [0.3, 0.4) is 0 Å². The summed E-state index contributed by atoms with van der Waals surface area (Å²) in [4.78, 5) is 0. The average Bonchev–Trinajstić information content (AvgIpc) is 2.73. The lowest BCUT2D eigenvalue weighted by atomic mass is 9.63. The van der Waals surface area contributed by atoms with Crippen LogP contribution in [0.5, 0.6) is 5.75 Å². The maximum Gasteiger partial charge on any atom is 0.190 e. The number of methoxy groups -OCH3 is 1. The summed E-state index contributed by atoms with van der Waals surface area (Å²) in [6.45, 7) is 2.33. The standard InChI is InChI=1S/C25H30F2O/c1-3-16-4-5-21-13-20(11-10-19(21)12-16)17-6-8-18(9-7-17)22-14-23(26)25(28-2)24(27)15-22/h6-9,14-16,19-21H,3-5,10-13H2,1-2H3/t16?,19-,20-,21-/m1/s1. The van der Waals surface area contributed by atoms with Gasteiger partial charge in [-0.15, -0.1) is 0 Å². The first-order valence-electron chi connectivity index (χ1n) is 10.7. The summed E-state index contributed by atoms with van der Waals surface area (Å²) < 4.78 is 32.8. The molecule has 28 heavy (non-hydrogen) atoms. The highest BCUT2D eigenvalue weighted by Crippen LogP contribution is 2.48. The predicted octanol–water partition coefficient (Wildman–Crippen LogP) is 7.35. The molecule has 0 bridgehead atoms. The van der Waals surface area contributed by atoms with Gasteiger partial charge in [0.15, 0.2) is 17.4 Å². The van der Waals surface area contributed by atoms with E-state index in [1.54, 1.807) is 0 Å². The molecule has 0 aromatic heterocycles. The van der Waals surface area contributed by atoms with Gasteiger partial charge in [-0.1, -0.05) is 44.0 Å². The molecule has 1 unspecified atom stereocenters. The Morgan fingerprint density at radius 3 is 2.14 bits per heavy atom. The molecule has 4 rings (SSSR count). The molecule has 2 aliphatic carbocycles. The SMILES string of the molecule is CCC1CC[C@@H]2C[C@H](c3ccc(-c4cc(F)c(OC)c(F)c4)cc3)CC[C@@H]2C1. The molecule has 0 radical (unpaired) electrons. The summed E-state index contributed by atoms with van der Waals surface area (Å²) in [6, 6.07) is 11.0. The fourth-order valence-corrected chi connectivity index (χ4v) is 5.53. The second-order valence-corrected chi connectivity index (χ2v) is 8.71. The van der Waals surface area contributed by atoms with E-state index in [2.05, 4.69) is 19.1 Å². The number of halogens is 2. The highest BCUT2D eigenvalue weighted by Gasteiger charge is 2.35. The predicted molar refractivity (Wildman–Crippen MR) is 110 cm³/mol. The molecule has 4 atom stereocenters. The molecular weight excluding hydrogens is 354 g/mol. The lowest BCUT2D eigenvalue weighted by molar-refractivity contribution is 0.116. The van der Waals surface area contributed by atoms with E-state index in [4.69, 9.17) is 4.74 Å². The van der Waals surface area contributed by atoms with Crippen molar-refractivity contribution in [2.24, 2.45) is 17.8 Å². The van der Waals surface area contributed by atoms with Crippen LogP contribution >= 0.6 is 0 Å². The molecule has 0 aliphatic heterocycles. The van der Waals surface area contributed by atoms with E-state index in [0.29, 0.717) is 11.5 Å². The molecule has 2 fully saturated rings. The Morgan fingerprint density at radius 1 is 0.857 bits per heavy atom. The normalized spacial score (nSPS) is 27.3. The largest absolute Gasteiger partial charge is 0.491 e. The highest BCUT2D eigenvalue weighted by molar-refractivity contribution is 5.65. The second kappa shape index (κ2) is 8.23. The summed E-state index contributed by atoms with van der Waals surface area (Å²) in [5, 5.41) is 0. The van der Waals surface area contributed by atoms with E-state index in [1.165, 1.54) is 69.8 Å². The van der Waals surface area contributed by atoms with Crippen molar-refractivity contribution in [3.63, 3.8) is 0 Å². The third-order valence-corrected chi connectivity index (χ3v) is 7.22. The minimum atomic E-state index is -0.664. The molecule has 2 aromatic carbocycles. The maximum absolute atomic E-state index is 14.0. The Kier molecular flexibility index (Phi) is 5.70. The number of hydrogen-bond donors (Lipinski definition) is 0. The number of benzene rings is 2. The molecule has 150 valence electrons. The Bertz CT molecular complexity index is 791. The van der Waals surface area contributed by atoms with Crippen molar-refractivity contribution in [1.29, 1.82) is 0 Å². The van der Waals surface area contributed by atoms with Crippen molar-refractivity contribution >= 4 is 0 Å². The smallest absolute Gasteiger partial charge is 0.190 e. The lowest BCUT2D eigenvalue weighted by Crippen LogP contribution is -2.30. The van der Waals surface area contributed by atoms with E-state index in [-0.39, 0.29) is 5.75 Å². The molecule has 2 saturated carbocycles. The van der Waals surface area contributed by atoms with Crippen molar-refractivity contribution in [3.8, 4) is 16.9 Å². The Labute approximate surface area is 167 Å². The molecule has 2 aromatic rings. The van der Waals surface area contributed by atoms with Crippen LogP contribution in [0.15, 0.2) is 36.4 Å². The van der Waals surface area contributed by atoms with Gasteiger partial charge < -0.3 is 4.74 Å². The lowest BCUT2D eigenvalue weighted by Gasteiger charge is -2.42. The van der Waals surface area contributed by atoms with Crippen LogP contribution in [0.4, 0.5) is 8.78 Å². The van der Waals surface area contributed by atoms with Gasteiger partial charge in [-0.05, 0) is 84.6 Å². The van der Waals surface area contributed by atoms with Gasteiger partial charge in [0.25, 0.3) is 0 Å². The summed E-state index contributed by atoms with van der Waals surface area (Å²) in [5.74, 6) is 1.73. The number of fused-ring (bicyclic) bond motifs is 1. The Balaban J connectivity index is 1.47. The minimum absolute atomic E-state index is 0.324. The first kappa shape index (κ1) is 19.4. The molecule has 3 heteroatoms. The van der Waals surface area contributed by atoms with Crippen LogP contribution in [0.1, 0.15) is 63.4 Å². The molecule has 0 amide bonds. The van der Waals surface area contributed by atoms with Gasteiger partial charge in [0, 0.05) is 0 Å². The van der Waals surface area contributed by atoms with Crippen molar-refractivity contribution in [2.75, 3.05) is 7.11 Å². The number of hydrogen-bond acceptors (Lipinski definition) is 1. The first-order chi connectivity index (χ1) is 13.6. The third kappa shape index (κ3) is 3.81. The number of ether oxygens (including phenoxy) is 1. The van der Waals surface area contributed by atoms with E-state index in [9.17, 15) is 8.78 Å². The van der Waals surface area contributed by atoms with Gasteiger partial charge in [-0.3, -0.25) is 0 Å². The van der Waals surface area contributed by atoms with Gasteiger partial charge in [0.05, 0.1) is 7.11 Å². The molecule has 0 heterocycles. The second-order valence-electron chi connectivity index (χ2n) is 8.71. The molecule has 0 spiro atoms. The Hall–Kier alpha value is -1.90. The zero-order valence-corrected chi connectivity index (χ0v) is 16.9. The van der Waals surface area contributed by atoms with Crippen molar-refractivity contribution < 1.29 is 13.5 Å². The average molecular weight is 385 g/mol. The molecular formula is C25H30F2O. The quantitative estimate of drug-likeness (QED) is 0.535. The zero-order chi connectivity index (χ0) is 19.7. The Morgan fingerprint density at radius 2 is 1.50 bits per heavy atom. The summed E-state index contributed by atoms with van der Waals surface area (Å²) in [5.41, 5.74) is 2.75. The van der Waals surface area contributed by atoms with Crippen LogP contribution in [0.2, 0.25) is 0 Å². The number of rotatable bonds is 4. The van der Waals surface area contributed by atoms with E-state index >= 15 is 0 Å². The van der Waals surface area contributed by atoms with Crippen molar-refractivity contribution in [1.82, 2.24) is 0 Å². The molecule has 1 nitrogen and oxygen atoms in total. The van der Waals surface area contributed by atoms with Crippen LogP contribution in [-0.2, 0) is 0 Å². The van der Waals surface area contributed by atoms with Gasteiger partial charge in [-0.25, -0.2) is 8.78 Å². The summed E-state index contributed by atoms with van der Waals surface area (Å²) in [7, 11) is 1.28. The monoisotopic (exact) mass is 384 g/mol. The third-order valence-electron chi connectivity index (χ3n) is 7.22. The van der Waals surface area contributed by atoms with Gasteiger partial charge >= 0.3 is 0 Å². The van der Waals surface area contributed by atoms with Crippen LogP contribution in [-0.4, -0.2) is 7.11 Å². The van der Waals surface area contributed by atoms with E-state index in [0.717, 1.165) is 23.3 Å². The van der Waals surface area contributed by atoms with Crippen LogP contribution in [0, 0.1) is 29.4 Å². The topological polar surface area (TPSA) is 9.23 Å².